The Balaban J connectivity index is 1.61. The van der Waals surface area contributed by atoms with Gasteiger partial charge in [0.15, 0.2) is 18.9 Å². The number of rotatable bonds is 27. The summed E-state index contributed by atoms with van der Waals surface area (Å²) >= 11 is 0. The molecule has 17 atom stereocenters. The molecule has 3 fully saturated rings. The maximum atomic E-state index is 12.8. The highest BCUT2D eigenvalue weighted by Gasteiger charge is 2.53. The van der Waals surface area contributed by atoms with E-state index >= 15 is 0 Å². The molecule has 12 N–H and O–H groups in total. The molecular formula is C40H73NO18. The molecule has 0 radical (unpaired) electrons. The summed E-state index contributed by atoms with van der Waals surface area (Å²) < 4.78 is 33.8. The van der Waals surface area contributed by atoms with Gasteiger partial charge < -0.3 is 89.9 Å². The molecule has 1 amide bonds. The predicted molar refractivity (Wildman–Crippen MR) is 208 cm³/mol. The monoisotopic (exact) mass is 855 g/mol. The molecule has 0 aromatic rings. The second kappa shape index (κ2) is 27.6. The number of unbranched alkanes of at least 4 members (excludes halogenated alkanes) is 11. The minimum Gasteiger partial charge on any atom is -0.394 e. The van der Waals surface area contributed by atoms with Crippen molar-refractivity contribution in [1.29, 1.82) is 0 Å². The zero-order valence-corrected chi connectivity index (χ0v) is 34.5. The van der Waals surface area contributed by atoms with Gasteiger partial charge in [0.25, 0.3) is 0 Å². The van der Waals surface area contributed by atoms with E-state index in [4.69, 9.17) is 28.4 Å². The van der Waals surface area contributed by atoms with E-state index in [2.05, 4.69) is 19.2 Å². The highest BCUT2D eigenvalue weighted by atomic mass is 16.8. The first-order chi connectivity index (χ1) is 28.3. The Kier molecular flexibility index (Phi) is 24.2. The highest BCUT2D eigenvalue weighted by molar-refractivity contribution is 5.76. The van der Waals surface area contributed by atoms with Crippen LogP contribution in [0.25, 0.3) is 0 Å². The van der Waals surface area contributed by atoms with Crippen molar-refractivity contribution in [3.8, 4) is 0 Å². The number of carbonyl (C=O) groups excluding carboxylic acids is 1. The molecule has 0 saturated carbocycles. The van der Waals surface area contributed by atoms with E-state index in [9.17, 15) is 61.0 Å². The van der Waals surface area contributed by atoms with Gasteiger partial charge in [0.2, 0.25) is 5.91 Å². The van der Waals surface area contributed by atoms with Gasteiger partial charge in [-0.15, -0.1) is 0 Å². The number of nitrogens with one attached hydrogen (secondary N) is 1. The van der Waals surface area contributed by atoms with Crippen molar-refractivity contribution in [2.24, 2.45) is 0 Å². The summed E-state index contributed by atoms with van der Waals surface area (Å²) in [5.41, 5.74) is 0. The van der Waals surface area contributed by atoms with Crippen molar-refractivity contribution < 1.29 is 89.4 Å². The van der Waals surface area contributed by atoms with E-state index < -0.39 is 124 Å². The van der Waals surface area contributed by atoms with Crippen molar-refractivity contribution >= 4 is 5.91 Å². The molecule has 17 unspecified atom stereocenters. The number of hydrogen-bond donors (Lipinski definition) is 12. The normalized spacial score (nSPS) is 36.5. The van der Waals surface area contributed by atoms with Gasteiger partial charge in [-0.2, -0.15) is 0 Å². The Labute approximate surface area is 346 Å². The molecule has 0 spiro atoms. The van der Waals surface area contributed by atoms with Crippen LogP contribution in [-0.2, 0) is 33.2 Å². The molecule has 3 aliphatic rings. The summed E-state index contributed by atoms with van der Waals surface area (Å²) in [5, 5.41) is 118. The minimum atomic E-state index is -1.97. The lowest BCUT2D eigenvalue weighted by Gasteiger charge is -2.48. The summed E-state index contributed by atoms with van der Waals surface area (Å²) in [6, 6.07) is -0.959. The van der Waals surface area contributed by atoms with E-state index in [1.807, 2.05) is 6.08 Å². The summed E-state index contributed by atoms with van der Waals surface area (Å²) in [6.45, 7) is 1.48. The Morgan fingerprint density at radius 3 is 1.59 bits per heavy atom. The lowest BCUT2D eigenvalue weighted by Crippen LogP contribution is -2.66. The number of amides is 1. The zero-order valence-electron chi connectivity index (χ0n) is 34.5. The first-order valence-corrected chi connectivity index (χ1v) is 21.4. The van der Waals surface area contributed by atoms with Crippen LogP contribution in [0.1, 0.15) is 104 Å². The number of carbonyl (C=O) groups is 1. The molecular weight excluding hydrogens is 782 g/mol. The average molecular weight is 856 g/mol. The third-order valence-corrected chi connectivity index (χ3v) is 11.1. The molecule has 0 bridgehead atoms. The van der Waals surface area contributed by atoms with Crippen molar-refractivity contribution in [2.45, 2.75) is 208 Å². The van der Waals surface area contributed by atoms with E-state index in [1.54, 1.807) is 6.08 Å². The second-order valence-corrected chi connectivity index (χ2v) is 15.8. The summed E-state index contributed by atoms with van der Waals surface area (Å²) in [6.07, 6.45) is -9.51. The van der Waals surface area contributed by atoms with Gasteiger partial charge in [-0.3, -0.25) is 4.79 Å². The van der Waals surface area contributed by atoms with Crippen LogP contribution >= 0.6 is 0 Å². The number of aliphatic hydroxyl groups excluding tert-OH is 11. The predicted octanol–water partition coefficient (Wildman–Crippen LogP) is -1.65. The molecule has 19 heteroatoms. The maximum Gasteiger partial charge on any atom is 0.220 e. The van der Waals surface area contributed by atoms with Gasteiger partial charge >= 0.3 is 0 Å². The number of ether oxygens (including phenoxy) is 6. The molecule has 346 valence electrons. The molecule has 19 nitrogen and oxygen atoms in total. The minimum absolute atomic E-state index is 0.236. The Hall–Kier alpha value is -1.47. The van der Waals surface area contributed by atoms with Crippen molar-refractivity contribution in [1.82, 2.24) is 5.32 Å². The fraction of sp³-hybridized carbons (Fsp3) is 0.925. The Bertz CT molecular complexity index is 1170. The van der Waals surface area contributed by atoms with Crippen LogP contribution in [0.5, 0.6) is 0 Å². The van der Waals surface area contributed by atoms with Gasteiger partial charge in [-0.05, 0) is 19.3 Å². The molecule has 0 aliphatic carbocycles. The van der Waals surface area contributed by atoms with E-state index in [0.717, 1.165) is 44.9 Å². The van der Waals surface area contributed by atoms with E-state index in [-0.39, 0.29) is 18.9 Å². The van der Waals surface area contributed by atoms with Gasteiger partial charge in [-0.1, -0.05) is 90.2 Å². The summed E-state index contributed by atoms with van der Waals surface area (Å²) in [5.74, 6) is -0.299. The van der Waals surface area contributed by atoms with Gasteiger partial charge in [-0.25, -0.2) is 0 Å². The third kappa shape index (κ3) is 15.7. The number of hydrogen-bond acceptors (Lipinski definition) is 18. The van der Waals surface area contributed by atoms with Crippen LogP contribution in [0.3, 0.4) is 0 Å². The number of allylic oxidation sites excluding steroid dienone is 1. The van der Waals surface area contributed by atoms with E-state index in [0.29, 0.717) is 6.42 Å². The fourth-order valence-electron chi connectivity index (χ4n) is 7.36. The van der Waals surface area contributed by atoms with Crippen LogP contribution < -0.4 is 5.32 Å². The quantitative estimate of drug-likeness (QED) is 0.0326. The van der Waals surface area contributed by atoms with Crippen LogP contribution in [0.4, 0.5) is 0 Å². The second-order valence-electron chi connectivity index (χ2n) is 15.8. The topological polar surface area (TPSA) is 307 Å². The molecule has 59 heavy (non-hydrogen) atoms. The first kappa shape index (κ1) is 51.9. The van der Waals surface area contributed by atoms with E-state index in [1.165, 1.54) is 32.1 Å². The highest BCUT2D eigenvalue weighted by Crippen LogP contribution is 2.33. The zero-order chi connectivity index (χ0) is 43.5. The Morgan fingerprint density at radius 1 is 0.593 bits per heavy atom. The lowest BCUT2D eigenvalue weighted by molar-refractivity contribution is -0.379. The van der Waals surface area contributed by atoms with Crippen LogP contribution in [0.2, 0.25) is 0 Å². The van der Waals surface area contributed by atoms with Crippen molar-refractivity contribution in [3.63, 3.8) is 0 Å². The summed E-state index contributed by atoms with van der Waals surface area (Å²) in [4.78, 5) is 12.8. The standard InChI is InChI=1S/C40H73NO18/c1-3-5-7-9-10-11-12-13-14-15-17-24(45)23(41-28(46)18-16-8-6-4-2)22-54-38-34(52)31(49)36(26(20-43)56-38)59-40-35(53)32(50)37(27(21-44)57-40)58-39-33(51)30(48)29(47)25(19-42)55-39/h15,17,23-27,29-40,42-45,47-53H,3-14,16,18-22H2,1-2H3,(H,41,46)/b17-15+. The molecule has 0 aromatic heterocycles. The molecule has 3 rings (SSSR count). The third-order valence-electron chi connectivity index (χ3n) is 11.1. The van der Waals surface area contributed by atoms with Crippen LogP contribution in [0, 0.1) is 0 Å². The SMILES string of the molecule is CCCCCCCCCC/C=C/C(O)C(COC1OC(CO)C(OC2OC(CO)C(OC3OC(CO)C(O)C(O)C3O)C(O)C2O)C(O)C1O)NC(=O)CCCCCC. The fourth-order valence-corrected chi connectivity index (χ4v) is 7.36. The van der Waals surface area contributed by atoms with Crippen LogP contribution in [0.15, 0.2) is 12.2 Å². The van der Waals surface area contributed by atoms with Gasteiger partial charge in [0.05, 0.1) is 38.6 Å². The molecule has 3 heterocycles. The smallest absolute Gasteiger partial charge is 0.220 e. The molecule has 3 aliphatic heterocycles. The van der Waals surface area contributed by atoms with Crippen molar-refractivity contribution in [3.05, 3.63) is 12.2 Å². The van der Waals surface area contributed by atoms with Gasteiger partial charge in [0, 0.05) is 6.42 Å². The largest absolute Gasteiger partial charge is 0.394 e. The maximum absolute atomic E-state index is 12.8. The van der Waals surface area contributed by atoms with Crippen LogP contribution in [-0.4, -0.2) is 193 Å². The van der Waals surface area contributed by atoms with Gasteiger partial charge in [0.1, 0.15) is 73.2 Å². The van der Waals surface area contributed by atoms with Crippen molar-refractivity contribution in [2.75, 3.05) is 26.4 Å². The first-order valence-electron chi connectivity index (χ1n) is 21.4. The summed E-state index contributed by atoms with van der Waals surface area (Å²) in [7, 11) is 0. The number of aliphatic hydroxyl groups is 11. The lowest BCUT2D eigenvalue weighted by atomic mass is 9.96. The average Bonchev–Trinajstić information content (AvgIpc) is 3.23. The Morgan fingerprint density at radius 2 is 1.05 bits per heavy atom. The molecule has 3 saturated heterocycles. The molecule has 0 aromatic carbocycles.